The van der Waals surface area contributed by atoms with E-state index < -0.39 is 11.6 Å². The van der Waals surface area contributed by atoms with Crippen molar-refractivity contribution < 1.29 is 24.1 Å². The van der Waals surface area contributed by atoms with Crippen LogP contribution in [0.25, 0.3) is 22.3 Å². The minimum atomic E-state index is -1.89. The van der Waals surface area contributed by atoms with Crippen molar-refractivity contribution >= 4 is 16.9 Å². The molecule has 3 aromatic rings. The first-order valence-corrected chi connectivity index (χ1v) is 12.2. The molecule has 2 atom stereocenters. The zero-order chi connectivity index (χ0) is 24.6. The van der Waals surface area contributed by atoms with Crippen molar-refractivity contribution in [2.45, 2.75) is 70.6 Å². The molecule has 7 nitrogen and oxygen atoms in total. The number of fused-ring (bicyclic) bond motifs is 5. The maximum absolute atomic E-state index is 14.9. The Morgan fingerprint density at radius 1 is 1.26 bits per heavy atom. The Balaban J connectivity index is 1.66. The summed E-state index contributed by atoms with van der Waals surface area (Å²) in [6, 6.07) is 3.15. The molecule has 3 aliphatic rings. The molecular weight excluding hydrogens is 451 g/mol. The van der Waals surface area contributed by atoms with Crippen LogP contribution in [-0.4, -0.2) is 32.3 Å². The van der Waals surface area contributed by atoms with Gasteiger partial charge in [-0.05, 0) is 67.7 Å². The number of cyclic esters (lactones) is 1. The number of nitrogens with zero attached hydrogens (tertiary/aromatic N) is 2. The van der Waals surface area contributed by atoms with Crippen LogP contribution in [0, 0.1) is 12.7 Å². The number of ether oxygens (including phenoxy) is 1. The van der Waals surface area contributed by atoms with Crippen LogP contribution in [0.2, 0.25) is 0 Å². The molecule has 2 N–H and O–H groups in total. The van der Waals surface area contributed by atoms with E-state index in [0.717, 1.165) is 41.3 Å². The fourth-order valence-corrected chi connectivity index (χ4v) is 6.28. The molecule has 35 heavy (non-hydrogen) atoms. The Kier molecular flexibility index (Phi) is 4.92. The largest absolute Gasteiger partial charge is 0.458 e. The SMILES string of the molecule is CC[C@@]1(O)C(=O)OCc2c1cc1n(c2=O)Cc2c-1nc1cc(F)c(C)c3c1c2[C@H](CCCO)CC3. The lowest BCUT2D eigenvalue weighted by Crippen LogP contribution is -2.44. The van der Waals surface area contributed by atoms with Crippen LogP contribution in [0.15, 0.2) is 16.9 Å². The van der Waals surface area contributed by atoms with Gasteiger partial charge in [-0.2, -0.15) is 0 Å². The molecule has 0 bridgehead atoms. The number of carbonyl (C=O) groups excluding carboxylic acids is 1. The van der Waals surface area contributed by atoms with Crippen molar-refractivity contribution in [1.82, 2.24) is 9.55 Å². The number of hydrogen-bond acceptors (Lipinski definition) is 6. The van der Waals surface area contributed by atoms with Crippen molar-refractivity contribution in [2.24, 2.45) is 0 Å². The lowest BCUT2D eigenvalue weighted by atomic mass is 9.76. The minimum absolute atomic E-state index is 0.0715. The average molecular weight is 479 g/mol. The number of pyridine rings is 2. The van der Waals surface area contributed by atoms with E-state index in [0.29, 0.717) is 35.4 Å². The second-order valence-electron chi connectivity index (χ2n) is 9.91. The second kappa shape index (κ2) is 7.70. The van der Waals surface area contributed by atoms with Crippen LogP contribution in [0.1, 0.15) is 71.9 Å². The molecule has 0 saturated carbocycles. The number of rotatable bonds is 4. The fraction of sp³-hybridized carbons (Fsp3) is 0.444. The Labute approximate surface area is 201 Å². The van der Waals surface area contributed by atoms with Gasteiger partial charge in [0.1, 0.15) is 12.4 Å². The van der Waals surface area contributed by atoms with Crippen molar-refractivity contribution in [1.29, 1.82) is 0 Å². The number of hydrogen-bond donors (Lipinski definition) is 2. The zero-order valence-electron chi connectivity index (χ0n) is 19.8. The van der Waals surface area contributed by atoms with Crippen molar-refractivity contribution in [3.05, 3.63) is 61.7 Å². The molecule has 0 spiro atoms. The van der Waals surface area contributed by atoms with Crippen LogP contribution >= 0.6 is 0 Å². The van der Waals surface area contributed by atoms with Crippen LogP contribution in [0.3, 0.4) is 0 Å². The highest BCUT2D eigenvalue weighted by molar-refractivity contribution is 5.93. The molecule has 0 unspecified atom stereocenters. The number of carbonyl (C=O) groups is 1. The van der Waals surface area contributed by atoms with E-state index in [9.17, 15) is 24.2 Å². The number of aryl methyl sites for hydroxylation is 1. The third-order valence-corrected chi connectivity index (χ3v) is 8.21. The maximum atomic E-state index is 14.9. The van der Waals surface area contributed by atoms with E-state index in [1.54, 1.807) is 24.5 Å². The monoisotopic (exact) mass is 478 g/mol. The van der Waals surface area contributed by atoms with Crippen LogP contribution in [-0.2, 0) is 34.7 Å². The van der Waals surface area contributed by atoms with Gasteiger partial charge in [0.15, 0.2) is 5.60 Å². The first kappa shape index (κ1) is 22.4. The highest BCUT2D eigenvalue weighted by Crippen LogP contribution is 2.47. The Hall–Kier alpha value is -3.10. The Morgan fingerprint density at radius 3 is 2.80 bits per heavy atom. The number of esters is 1. The van der Waals surface area contributed by atoms with Crippen molar-refractivity contribution in [2.75, 3.05) is 6.61 Å². The summed E-state index contributed by atoms with van der Waals surface area (Å²) in [5.41, 5.74) is 3.63. The van der Waals surface area contributed by atoms with Gasteiger partial charge in [-0.1, -0.05) is 6.92 Å². The van der Waals surface area contributed by atoms with E-state index in [2.05, 4.69) is 0 Å². The van der Waals surface area contributed by atoms with Gasteiger partial charge in [-0.3, -0.25) is 4.79 Å². The van der Waals surface area contributed by atoms with Gasteiger partial charge in [-0.15, -0.1) is 0 Å². The second-order valence-corrected chi connectivity index (χ2v) is 9.91. The molecule has 0 amide bonds. The van der Waals surface area contributed by atoms with Gasteiger partial charge in [-0.25, -0.2) is 14.2 Å². The molecule has 1 aromatic carbocycles. The maximum Gasteiger partial charge on any atom is 0.343 e. The topological polar surface area (TPSA) is 102 Å². The molecule has 8 heteroatoms. The van der Waals surface area contributed by atoms with Crippen LogP contribution < -0.4 is 5.56 Å². The van der Waals surface area contributed by atoms with Crippen LogP contribution in [0.4, 0.5) is 4.39 Å². The molecule has 182 valence electrons. The van der Waals surface area contributed by atoms with E-state index in [1.807, 2.05) is 0 Å². The highest BCUT2D eigenvalue weighted by atomic mass is 19.1. The number of benzene rings is 1. The van der Waals surface area contributed by atoms with Gasteiger partial charge in [0.2, 0.25) is 0 Å². The fourth-order valence-electron chi connectivity index (χ4n) is 6.28. The smallest absolute Gasteiger partial charge is 0.343 e. The quantitative estimate of drug-likeness (QED) is 0.437. The summed E-state index contributed by atoms with van der Waals surface area (Å²) in [5.74, 6) is -0.901. The van der Waals surface area contributed by atoms with E-state index in [1.165, 1.54) is 6.07 Å². The average Bonchev–Trinajstić information content (AvgIpc) is 3.22. The molecule has 0 fully saturated rings. The normalized spacial score (nSPS) is 22.1. The molecule has 0 saturated heterocycles. The number of aliphatic hydroxyl groups is 2. The lowest BCUT2D eigenvalue weighted by molar-refractivity contribution is -0.172. The van der Waals surface area contributed by atoms with Crippen LogP contribution in [0.5, 0.6) is 0 Å². The van der Waals surface area contributed by atoms with Gasteiger partial charge >= 0.3 is 5.97 Å². The molecule has 2 aromatic heterocycles. The molecule has 1 aliphatic carbocycles. The predicted molar refractivity (Wildman–Crippen MR) is 127 cm³/mol. The Morgan fingerprint density at radius 2 is 2.06 bits per heavy atom. The number of halogens is 1. The summed E-state index contributed by atoms with van der Waals surface area (Å²) >= 11 is 0. The first-order valence-electron chi connectivity index (χ1n) is 12.2. The zero-order valence-corrected chi connectivity index (χ0v) is 19.8. The molecular formula is C27H27FN2O5. The van der Waals surface area contributed by atoms with Gasteiger partial charge in [0, 0.05) is 29.2 Å². The van der Waals surface area contributed by atoms with E-state index in [-0.39, 0.29) is 48.1 Å². The van der Waals surface area contributed by atoms with Crippen molar-refractivity contribution in [3.8, 4) is 11.4 Å². The molecule has 2 aliphatic heterocycles. The van der Waals surface area contributed by atoms with E-state index in [4.69, 9.17) is 9.72 Å². The summed E-state index contributed by atoms with van der Waals surface area (Å²) in [6.07, 6.45) is 3.10. The van der Waals surface area contributed by atoms with Gasteiger partial charge in [0.25, 0.3) is 5.56 Å². The molecule has 4 heterocycles. The van der Waals surface area contributed by atoms with E-state index >= 15 is 0 Å². The summed E-state index contributed by atoms with van der Waals surface area (Å²) in [5, 5.41) is 21.6. The third kappa shape index (κ3) is 2.93. The minimum Gasteiger partial charge on any atom is -0.458 e. The lowest BCUT2D eigenvalue weighted by Gasteiger charge is -2.31. The highest BCUT2D eigenvalue weighted by Gasteiger charge is 2.45. The summed E-state index contributed by atoms with van der Waals surface area (Å²) in [4.78, 5) is 30.9. The molecule has 0 radical (unpaired) electrons. The van der Waals surface area contributed by atoms with Crippen molar-refractivity contribution in [3.63, 3.8) is 0 Å². The number of aromatic nitrogens is 2. The third-order valence-electron chi connectivity index (χ3n) is 8.21. The summed E-state index contributed by atoms with van der Waals surface area (Å²) < 4.78 is 21.7. The van der Waals surface area contributed by atoms with Gasteiger partial charge in [0.05, 0.1) is 29.0 Å². The summed E-state index contributed by atoms with van der Waals surface area (Å²) in [7, 11) is 0. The Bertz CT molecular complexity index is 1490. The summed E-state index contributed by atoms with van der Waals surface area (Å²) in [6.45, 7) is 3.70. The standard InChI is InChI=1S/C27H27FN2O5/c1-3-27(34)18-9-21-24-16(11-30(21)25(32)17(18)12-35-26(27)33)22-14(5-4-8-31)6-7-15-13(2)19(28)10-20(29-24)23(15)22/h9-10,14,31,34H,3-8,11-12H2,1-2H3/t14-,27+/m1/s1. The molecule has 6 rings (SSSR count). The number of aliphatic hydroxyl groups excluding tert-OH is 1. The first-order chi connectivity index (χ1) is 16.8. The predicted octanol–water partition coefficient (Wildman–Crippen LogP) is 3.33. The van der Waals surface area contributed by atoms with Gasteiger partial charge < -0.3 is 19.5 Å².